The highest BCUT2D eigenvalue weighted by atomic mass is 19.3. The van der Waals surface area contributed by atoms with Crippen LogP contribution in [0.3, 0.4) is 0 Å². The van der Waals surface area contributed by atoms with Gasteiger partial charge in [0.25, 0.3) is 0 Å². The van der Waals surface area contributed by atoms with Gasteiger partial charge in [-0.1, -0.05) is 6.92 Å². The molecule has 0 aliphatic heterocycles. The van der Waals surface area contributed by atoms with Crippen LogP contribution in [0.4, 0.5) is 8.78 Å². The van der Waals surface area contributed by atoms with Crippen LogP contribution in [0.15, 0.2) is 12.1 Å². The van der Waals surface area contributed by atoms with Crippen molar-refractivity contribution in [3.05, 3.63) is 28.8 Å². The summed E-state index contributed by atoms with van der Waals surface area (Å²) >= 11 is 0. The van der Waals surface area contributed by atoms with E-state index in [4.69, 9.17) is 10.00 Å². The van der Waals surface area contributed by atoms with Crippen molar-refractivity contribution in [2.45, 2.75) is 33.3 Å². The quantitative estimate of drug-likeness (QED) is 0.753. The number of nitrogens with zero attached hydrogens (tertiary/aromatic N) is 1. The molecular weight excluding hydrogens is 268 g/mol. The normalized spacial score (nSPS) is 10.2. The van der Waals surface area contributed by atoms with E-state index in [1.165, 1.54) is 12.1 Å². The first-order valence-electron chi connectivity index (χ1n) is 6.18. The highest BCUT2D eigenvalue weighted by Crippen LogP contribution is 2.27. The van der Waals surface area contributed by atoms with E-state index in [0.717, 1.165) is 0 Å². The van der Waals surface area contributed by atoms with Crippen molar-refractivity contribution in [1.29, 1.82) is 5.26 Å². The molecule has 0 N–H and O–H groups in total. The molecule has 1 aromatic rings. The number of carbonyl (C=O) groups is 1. The number of hydrogen-bond acceptors (Lipinski definition) is 4. The number of nitriles is 1. The summed E-state index contributed by atoms with van der Waals surface area (Å²) in [5.41, 5.74) is 1.12. The maximum atomic E-state index is 12.4. The SMILES string of the molecule is CCOC(=O)Cc1cc(C#N)cc(OC(F)F)c1CC. The van der Waals surface area contributed by atoms with Crippen molar-refractivity contribution < 1.29 is 23.0 Å². The van der Waals surface area contributed by atoms with Gasteiger partial charge < -0.3 is 9.47 Å². The maximum absolute atomic E-state index is 12.4. The number of hydrogen-bond donors (Lipinski definition) is 0. The van der Waals surface area contributed by atoms with Gasteiger partial charge in [0.1, 0.15) is 5.75 Å². The zero-order valence-electron chi connectivity index (χ0n) is 11.3. The fourth-order valence-corrected chi connectivity index (χ4v) is 1.90. The molecule has 0 aliphatic rings. The Morgan fingerprint density at radius 2 is 2.10 bits per heavy atom. The van der Waals surface area contributed by atoms with Gasteiger partial charge in [0.2, 0.25) is 0 Å². The first-order valence-corrected chi connectivity index (χ1v) is 6.18. The Bertz CT molecular complexity index is 524. The van der Waals surface area contributed by atoms with E-state index in [1.54, 1.807) is 13.8 Å². The van der Waals surface area contributed by atoms with Crippen LogP contribution < -0.4 is 4.74 Å². The van der Waals surface area contributed by atoms with E-state index in [1.807, 2.05) is 6.07 Å². The summed E-state index contributed by atoms with van der Waals surface area (Å²) in [4.78, 5) is 11.5. The molecule has 0 amide bonds. The number of alkyl halides is 2. The Morgan fingerprint density at radius 3 is 2.60 bits per heavy atom. The van der Waals surface area contributed by atoms with Crippen LogP contribution in [0.5, 0.6) is 5.75 Å². The van der Waals surface area contributed by atoms with Crippen LogP contribution in [0.25, 0.3) is 0 Å². The largest absolute Gasteiger partial charge is 0.466 e. The van der Waals surface area contributed by atoms with Crippen LogP contribution in [0.1, 0.15) is 30.5 Å². The van der Waals surface area contributed by atoms with Crippen LogP contribution in [0, 0.1) is 11.3 Å². The molecule has 4 nitrogen and oxygen atoms in total. The fourth-order valence-electron chi connectivity index (χ4n) is 1.90. The van der Waals surface area contributed by atoms with E-state index >= 15 is 0 Å². The molecule has 0 bridgehead atoms. The van der Waals surface area contributed by atoms with Gasteiger partial charge >= 0.3 is 12.6 Å². The Morgan fingerprint density at radius 1 is 1.40 bits per heavy atom. The first kappa shape index (κ1) is 15.9. The first-order chi connectivity index (χ1) is 9.51. The average molecular weight is 283 g/mol. The lowest BCUT2D eigenvalue weighted by atomic mass is 9.98. The number of esters is 1. The zero-order chi connectivity index (χ0) is 15.1. The number of carbonyl (C=O) groups excluding carboxylic acids is 1. The molecule has 0 aromatic heterocycles. The Balaban J connectivity index is 3.19. The molecule has 1 aromatic carbocycles. The lowest BCUT2D eigenvalue weighted by Gasteiger charge is -2.14. The molecule has 1 rings (SSSR count). The minimum Gasteiger partial charge on any atom is -0.466 e. The summed E-state index contributed by atoms with van der Waals surface area (Å²) in [6.45, 7) is 0.688. The topological polar surface area (TPSA) is 59.3 Å². The van der Waals surface area contributed by atoms with Gasteiger partial charge in [-0.2, -0.15) is 14.0 Å². The highest BCUT2D eigenvalue weighted by molar-refractivity contribution is 5.73. The smallest absolute Gasteiger partial charge is 0.387 e. The van der Waals surface area contributed by atoms with Crippen molar-refractivity contribution in [3.63, 3.8) is 0 Å². The van der Waals surface area contributed by atoms with Crippen molar-refractivity contribution in [1.82, 2.24) is 0 Å². The van der Waals surface area contributed by atoms with Crippen molar-refractivity contribution in [2.24, 2.45) is 0 Å². The molecule has 0 radical (unpaired) electrons. The van der Waals surface area contributed by atoms with Gasteiger partial charge in [0, 0.05) is 0 Å². The molecule has 6 heteroatoms. The third kappa shape index (κ3) is 4.19. The van der Waals surface area contributed by atoms with E-state index in [2.05, 4.69) is 4.74 Å². The molecule has 0 saturated heterocycles. The summed E-state index contributed by atoms with van der Waals surface area (Å²) < 4.78 is 34.0. The Labute approximate surface area is 115 Å². The molecule has 0 heterocycles. The minimum absolute atomic E-state index is 0.0687. The van der Waals surface area contributed by atoms with Gasteiger partial charge in [-0.05, 0) is 36.6 Å². The second-order valence-corrected chi connectivity index (χ2v) is 3.94. The second-order valence-electron chi connectivity index (χ2n) is 3.94. The summed E-state index contributed by atoms with van der Waals surface area (Å²) in [5, 5.41) is 8.91. The summed E-state index contributed by atoms with van der Waals surface area (Å²) in [7, 11) is 0. The predicted molar refractivity (Wildman–Crippen MR) is 67.5 cm³/mol. The van der Waals surface area contributed by atoms with Crippen LogP contribution in [-0.2, 0) is 22.4 Å². The molecule has 108 valence electrons. The van der Waals surface area contributed by atoms with Crippen molar-refractivity contribution >= 4 is 5.97 Å². The van der Waals surface area contributed by atoms with Crippen LogP contribution in [0.2, 0.25) is 0 Å². The molecule has 0 spiro atoms. The summed E-state index contributed by atoms with van der Waals surface area (Å²) in [6.07, 6.45) is 0.328. The third-order valence-electron chi connectivity index (χ3n) is 2.64. The van der Waals surface area contributed by atoms with E-state index < -0.39 is 12.6 Å². The number of benzene rings is 1. The third-order valence-corrected chi connectivity index (χ3v) is 2.64. The minimum atomic E-state index is -2.98. The van der Waals surface area contributed by atoms with Gasteiger partial charge in [-0.25, -0.2) is 0 Å². The molecule has 0 aliphatic carbocycles. The lowest BCUT2D eigenvalue weighted by molar-refractivity contribution is -0.142. The van der Waals surface area contributed by atoms with E-state index in [9.17, 15) is 13.6 Å². The maximum Gasteiger partial charge on any atom is 0.387 e. The van der Waals surface area contributed by atoms with Crippen molar-refractivity contribution in [2.75, 3.05) is 6.61 Å². The van der Waals surface area contributed by atoms with Crippen LogP contribution >= 0.6 is 0 Å². The molecular formula is C14H15F2NO3. The summed E-state index contributed by atoms with van der Waals surface area (Å²) in [6, 6.07) is 4.60. The lowest BCUT2D eigenvalue weighted by Crippen LogP contribution is -2.12. The van der Waals surface area contributed by atoms with Gasteiger partial charge in [-0.3, -0.25) is 4.79 Å². The average Bonchev–Trinajstić information content (AvgIpc) is 2.37. The standard InChI is InChI=1S/C14H15F2NO3/c1-3-11-10(7-13(18)19-4-2)5-9(8-17)6-12(11)20-14(15)16/h5-6,14H,3-4,7H2,1-2H3. The van der Waals surface area contributed by atoms with Crippen molar-refractivity contribution in [3.8, 4) is 11.8 Å². The summed E-state index contributed by atoms with van der Waals surface area (Å²) in [5.74, 6) is -0.541. The number of rotatable bonds is 6. The molecule has 0 unspecified atom stereocenters. The monoisotopic (exact) mass is 283 g/mol. The molecule has 0 atom stereocenters. The van der Waals surface area contributed by atoms with Gasteiger partial charge in [-0.15, -0.1) is 0 Å². The van der Waals surface area contributed by atoms with E-state index in [0.29, 0.717) is 17.5 Å². The van der Waals surface area contributed by atoms with Gasteiger partial charge in [0.15, 0.2) is 0 Å². The molecule has 0 saturated carbocycles. The number of halogens is 2. The van der Waals surface area contributed by atoms with Crippen LogP contribution in [-0.4, -0.2) is 19.2 Å². The van der Waals surface area contributed by atoms with Gasteiger partial charge in [0.05, 0.1) is 24.7 Å². The zero-order valence-corrected chi connectivity index (χ0v) is 11.3. The fraction of sp³-hybridized carbons (Fsp3) is 0.429. The second kappa shape index (κ2) is 7.43. The van der Waals surface area contributed by atoms with E-state index in [-0.39, 0.29) is 24.3 Å². The molecule has 0 fully saturated rings. The predicted octanol–water partition coefficient (Wildman–Crippen LogP) is 2.83. The molecule has 20 heavy (non-hydrogen) atoms. The highest BCUT2D eigenvalue weighted by Gasteiger charge is 2.17. The Hall–Kier alpha value is -2.16. The number of ether oxygens (including phenoxy) is 2. The Kier molecular flexibility index (Phi) is 5.91.